The van der Waals surface area contributed by atoms with E-state index in [1.54, 1.807) is 4.72 Å². The van der Waals surface area contributed by atoms with Gasteiger partial charge in [-0.25, -0.2) is 16.8 Å². The Bertz CT molecular complexity index is 735. The summed E-state index contributed by atoms with van der Waals surface area (Å²) >= 11 is 0. The summed E-state index contributed by atoms with van der Waals surface area (Å²) in [7, 11) is -3.67. The molecule has 0 aliphatic carbocycles. The molecule has 0 saturated heterocycles. The lowest BCUT2D eigenvalue weighted by atomic mass is 10.1. The van der Waals surface area contributed by atoms with E-state index in [0.717, 1.165) is 6.07 Å². The van der Waals surface area contributed by atoms with Crippen LogP contribution in [0.4, 0.5) is 8.78 Å². The zero-order valence-electron chi connectivity index (χ0n) is 9.59. The van der Waals surface area contributed by atoms with E-state index in [-0.39, 0.29) is 22.8 Å². The standard InChI is InChI=1S/C9H8ClF2NO5S2/c10-19(14,15)5-1-2-8-6(3-5)7(4-18-8)13-20(16,17)9(11)12/h1-3,7,9,13H,4H2. The molecule has 0 bridgehead atoms. The van der Waals surface area contributed by atoms with Crippen molar-refractivity contribution < 1.29 is 30.4 Å². The van der Waals surface area contributed by atoms with E-state index in [9.17, 15) is 25.6 Å². The molecule has 1 aliphatic heterocycles. The van der Waals surface area contributed by atoms with Gasteiger partial charge in [0.2, 0.25) is 0 Å². The Labute approximate surface area is 118 Å². The number of alkyl halides is 2. The van der Waals surface area contributed by atoms with E-state index in [1.165, 1.54) is 12.1 Å². The summed E-state index contributed by atoms with van der Waals surface area (Å²) in [6.45, 7) is -0.215. The summed E-state index contributed by atoms with van der Waals surface area (Å²) in [6.07, 6.45) is 0. The van der Waals surface area contributed by atoms with E-state index in [1.807, 2.05) is 0 Å². The first kappa shape index (κ1) is 15.4. The molecule has 1 atom stereocenters. The number of hydrogen-bond acceptors (Lipinski definition) is 5. The number of fused-ring (bicyclic) bond motifs is 1. The van der Waals surface area contributed by atoms with Gasteiger partial charge in [0.05, 0.1) is 10.9 Å². The van der Waals surface area contributed by atoms with Crippen LogP contribution in [0.15, 0.2) is 23.1 Å². The second-order valence-electron chi connectivity index (χ2n) is 3.92. The summed E-state index contributed by atoms with van der Waals surface area (Å²) in [5.41, 5.74) is 0.135. The van der Waals surface area contributed by atoms with E-state index < -0.39 is 30.9 Å². The van der Waals surface area contributed by atoms with Gasteiger partial charge in [0, 0.05) is 16.2 Å². The summed E-state index contributed by atoms with van der Waals surface area (Å²) in [5.74, 6) is -3.39. The molecule has 6 nitrogen and oxygen atoms in total. The first-order valence-electron chi connectivity index (χ1n) is 5.12. The maximum absolute atomic E-state index is 12.3. The predicted molar refractivity (Wildman–Crippen MR) is 65.8 cm³/mol. The van der Waals surface area contributed by atoms with Gasteiger partial charge in [-0.3, -0.25) is 0 Å². The molecule has 0 aromatic heterocycles. The highest BCUT2D eigenvalue weighted by atomic mass is 35.7. The van der Waals surface area contributed by atoms with Crippen LogP contribution in [0.25, 0.3) is 0 Å². The molecule has 20 heavy (non-hydrogen) atoms. The molecule has 0 fully saturated rings. The molecule has 0 saturated carbocycles. The summed E-state index contributed by atoms with van der Waals surface area (Å²) < 4.78 is 76.1. The Morgan fingerprint density at radius 3 is 2.50 bits per heavy atom. The molecule has 1 heterocycles. The van der Waals surface area contributed by atoms with Crippen LogP contribution < -0.4 is 9.46 Å². The second kappa shape index (κ2) is 5.10. The van der Waals surface area contributed by atoms with E-state index in [4.69, 9.17) is 15.4 Å². The number of ether oxygens (including phenoxy) is 1. The molecular formula is C9H8ClF2NO5S2. The lowest BCUT2D eigenvalue weighted by Gasteiger charge is -2.11. The van der Waals surface area contributed by atoms with Gasteiger partial charge < -0.3 is 4.74 Å². The van der Waals surface area contributed by atoms with Gasteiger partial charge in [-0.05, 0) is 18.2 Å². The van der Waals surface area contributed by atoms with Crippen LogP contribution >= 0.6 is 10.7 Å². The number of rotatable bonds is 4. The van der Waals surface area contributed by atoms with Crippen molar-refractivity contribution in [3.05, 3.63) is 23.8 Å². The Hall–Kier alpha value is -0.970. The summed E-state index contributed by atoms with van der Waals surface area (Å²) in [5, 5.41) is 0. The smallest absolute Gasteiger partial charge is 0.350 e. The van der Waals surface area contributed by atoms with Crippen LogP contribution in [0.5, 0.6) is 5.75 Å². The van der Waals surface area contributed by atoms with Crippen molar-refractivity contribution in [2.75, 3.05) is 6.61 Å². The number of nitrogens with one attached hydrogen (secondary N) is 1. The maximum Gasteiger partial charge on any atom is 0.350 e. The summed E-state index contributed by atoms with van der Waals surface area (Å²) in [6, 6.07) is 2.44. The van der Waals surface area contributed by atoms with Gasteiger partial charge in [0.1, 0.15) is 12.4 Å². The first-order valence-corrected chi connectivity index (χ1v) is 8.97. The molecule has 1 N–H and O–H groups in total. The minimum absolute atomic E-state index is 0.135. The average molecular weight is 348 g/mol. The SMILES string of the molecule is O=S(=O)(Cl)c1ccc2c(c1)C(NS(=O)(=O)C(F)F)CO2. The van der Waals surface area contributed by atoms with Gasteiger partial charge in [0.15, 0.2) is 0 Å². The lowest BCUT2D eigenvalue weighted by molar-refractivity contribution is 0.230. The third kappa shape index (κ3) is 3.03. The van der Waals surface area contributed by atoms with Gasteiger partial charge in [-0.15, -0.1) is 0 Å². The van der Waals surface area contributed by atoms with Crippen LogP contribution in [0.1, 0.15) is 11.6 Å². The number of benzene rings is 1. The first-order chi connectivity index (χ1) is 9.11. The van der Waals surface area contributed by atoms with Crippen molar-refractivity contribution in [1.29, 1.82) is 0 Å². The van der Waals surface area contributed by atoms with E-state index >= 15 is 0 Å². The predicted octanol–water partition coefficient (Wildman–Crippen LogP) is 1.19. The largest absolute Gasteiger partial charge is 0.491 e. The fraction of sp³-hybridized carbons (Fsp3) is 0.333. The van der Waals surface area contributed by atoms with Crippen molar-refractivity contribution in [3.63, 3.8) is 0 Å². The maximum atomic E-state index is 12.3. The molecule has 0 spiro atoms. The van der Waals surface area contributed by atoms with Crippen LogP contribution in [-0.4, -0.2) is 29.2 Å². The topological polar surface area (TPSA) is 89.5 Å². The molecule has 0 radical (unpaired) electrons. The van der Waals surface area contributed by atoms with E-state index in [0.29, 0.717) is 0 Å². The van der Waals surface area contributed by atoms with Crippen molar-refractivity contribution in [3.8, 4) is 5.75 Å². The molecule has 11 heteroatoms. The molecular weight excluding hydrogens is 340 g/mol. The Morgan fingerprint density at radius 2 is 1.95 bits per heavy atom. The molecule has 0 amide bonds. The monoisotopic (exact) mass is 347 g/mol. The van der Waals surface area contributed by atoms with E-state index in [2.05, 4.69) is 0 Å². The third-order valence-electron chi connectivity index (χ3n) is 2.58. The molecule has 1 aromatic carbocycles. The molecule has 2 rings (SSSR count). The molecule has 1 aromatic rings. The highest BCUT2D eigenvalue weighted by molar-refractivity contribution is 8.13. The Balaban J connectivity index is 2.37. The number of sulfonamides is 1. The fourth-order valence-electron chi connectivity index (χ4n) is 1.69. The number of hydrogen-bond donors (Lipinski definition) is 1. The fourth-order valence-corrected chi connectivity index (χ4v) is 3.17. The van der Waals surface area contributed by atoms with Crippen LogP contribution in [0.3, 0.4) is 0 Å². The molecule has 112 valence electrons. The van der Waals surface area contributed by atoms with Crippen LogP contribution in [0.2, 0.25) is 0 Å². The molecule has 1 unspecified atom stereocenters. The lowest BCUT2D eigenvalue weighted by Crippen LogP contribution is -2.33. The van der Waals surface area contributed by atoms with Crippen molar-refractivity contribution in [2.24, 2.45) is 0 Å². The average Bonchev–Trinajstić information content (AvgIpc) is 2.70. The molecule has 1 aliphatic rings. The number of halogens is 3. The van der Waals surface area contributed by atoms with Gasteiger partial charge >= 0.3 is 5.76 Å². The highest BCUT2D eigenvalue weighted by Crippen LogP contribution is 2.35. The Morgan fingerprint density at radius 1 is 1.30 bits per heavy atom. The van der Waals surface area contributed by atoms with Crippen molar-refractivity contribution in [2.45, 2.75) is 16.7 Å². The third-order valence-corrected chi connectivity index (χ3v) is 5.02. The minimum atomic E-state index is -4.82. The summed E-state index contributed by atoms with van der Waals surface area (Å²) in [4.78, 5) is -0.273. The van der Waals surface area contributed by atoms with Crippen LogP contribution in [0, 0.1) is 0 Å². The normalized spacial score (nSPS) is 18.9. The van der Waals surface area contributed by atoms with Gasteiger partial charge in [-0.2, -0.15) is 13.5 Å². The zero-order valence-corrected chi connectivity index (χ0v) is 12.0. The Kier molecular flexibility index (Phi) is 3.93. The van der Waals surface area contributed by atoms with Crippen molar-refractivity contribution >= 4 is 29.8 Å². The minimum Gasteiger partial charge on any atom is -0.491 e. The second-order valence-corrected chi connectivity index (χ2v) is 8.17. The van der Waals surface area contributed by atoms with Crippen molar-refractivity contribution in [1.82, 2.24) is 4.72 Å². The van der Waals surface area contributed by atoms with Gasteiger partial charge in [-0.1, -0.05) is 0 Å². The van der Waals surface area contributed by atoms with Crippen LogP contribution in [-0.2, 0) is 19.1 Å². The highest BCUT2D eigenvalue weighted by Gasteiger charge is 2.33. The zero-order chi connectivity index (χ0) is 15.1. The van der Waals surface area contributed by atoms with Gasteiger partial charge in [0.25, 0.3) is 19.1 Å². The quantitative estimate of drug-likeness (QED) is 0.826.